The van der Waals surface area contributed by atoms with E-state index in [0.29, 0.717) is 43.6 Å². The Kier molecular flexibility index (Phi) is 7.51. The standard InChI is InChI=1S/C30H31N5O3/c1-21-6-8-22(9-7-21)19-38-24-12-10-23(11-13-24)33-30-28-25(31-20-32-30)14-15-26-29(28)37-18-17-35(26)27(36)5-4-16-34(2)3/h4-15,20H,16-19H2,1-3H3,(H,31,32,33)/b5-4+. The van der Waals surface area contributed by atoms with Crippen molar-refractivity contribution < 1.29 is 14.3 Å². The van der Waals surface area contributed by atoms with E-state index in [0.717, 1.165) is 27.9 Å². The van der Waals surface area contributed by atoms with Gasteiger partial charge in [-0.3, -0.25) is 4.79 Å². The minimum absolute atomic E-state index is 0.0802. The molecule has 0 unspecified atom stereocenters. The molecule has 38 heavy (non-hydrogen) atoms. The molecule has 8 heteroatoms. The summed E-state index contributed by atoms with van der Waals surface area (Å²) in [5.74, 6) is 1.91. The number of amides is 1. The minimum atomic E-state index is -0.0802. The molecule has 0 saturated heterocycles. The van der Waals surface area contributed by atoms with E-state index in [4.69, 9.17) is 9.47 Å². The van der Waals surface area contributed by atoms with Gasteiger partial charge in [0.25, 0.3) is 5.91 Å². The molecule has 5 rings (SSSR count). The maximum absolute atomic E-state index is 13.0. The van der Waals surface area contributed by atoms with Crippen molar-refractivity contribution in [3.63, 3.8) is 0 Å². The van der Waals surface area contributed by atoms with E-state index in [1.165, 1.54) is 11.9 Å². The molecule has 0 saturated carbocycles. The van der Waals surface area contributed by atoms with Crippen LogP contribution >= 0.6 is 0 Å². The number of nitrogens with one attached hydrogen (secondary N) is 1. The first-order valence-corrected chi connectivity index (χ1v) is 12.6. The van der Waals surface area contributed by atoms with Crippen molar-refractivity contribution in [2.75, 3.05) is 44.0 Å². The topological polar surface area (TPSA) is 79.8 Å². The van der Waals surface area contributed by atoms with Crippen molar-refractivity contribution in [3.8, 4) is 11.5 Å². The third kappa shape index (κ3) is 5.76. The lowest BCUT2D eigenvalue weighted by Gasteiger charge is -2.30. The molecule has 0 radical (unpaired) electrons. The molecule has 1 aliphatic heterocycles. The number of carbonyl (C=O) groups excluding carboxylic acids is 1. The van der Waals surface area contributed by atoms with Crippen LogP contribution in [0.15, 0.2) is 79.1 Å². The third-order valence-electron chi connectivity index (χ3n) is 6.23. The fraction of sp³-hybridized carbons (Fsp3) is 0.233. The highest BCUT2D eigenvalue weighted by Gasteiger charge is 2.26. The van der Waals surface area contributed by atoms with Crippen LogP contribution in [0, 0.1) is 6.92 Å². The SMILES string of the molecule is Cc1ccc(COc2ccc(Nc3ncnc4ccc5c(c34)OCCN5C(=O)/C=C/CN(C)C)cc2)cc1. The smallest absolute Gasteiger partial charge is 0.250 e. The van der Waals surface area contributed by atoms with Crippen LogP contribution in [0.5, 0.6) is 11.5 Å². The number of hydrogen-bond donors (Lipinski definition) is 1. The Morgan fingerprint density at radius 1 is 1.08 bits per heavy atom. The first-order chi connectivity index (χ1) is 18.5. The van der Waals surface area contributed by atoms with Gasteiger partial charge in [-0.05, 0) is 63.0 Å². The summed E-state index contributed by atoms with van der Waals surface area (Å²) < 4.78 is 12.0. The number of fused-ring (bicyclic) bond motifs is 3. The lowest BCUT2D eigenvalue weighted by Crippen LogP contribution is -2.37. The van der Waals surface area contributed by atoms with Crippen LogP contribution in [-0.4, -0.2) is 54.6 Å². The van der Waals surface area contributed by atoms with Crippen molar-refractivity contribution in [1.29, 1.82) is 0 Å². The highest BCUT2D eigenvalue weighted by Crippen LogP contribution is 2.41. The molecule has 1 amide bonds. The van der Waals surface area contributed by atoms with Crippen molar-refractivity contribution in [1.82, 2.24) is 14.9 Å². The summed E-state index contributed by atoms with van der Waals surface area (Å²) in [7, 11) is 3.93. The van der Waals surface area contributed by atoms with Gasteiger partial charge in [-0.25, -0.2) is 9.97 Å². The number of hydrogen-bond acceptors (Lipinski definition) is 7. The average Bonchev–Trinajstić information content (AvgIpc) is 2.93. The van der Waals surface area contributed by atoms with Gasteiger partial charge in [0.1, 0.15) is 31.1 Å². The number of aromatic nitrogens is 2. The molecular weight excluding hydrogens is 478 g/mol. The Labute approximate surface area is 222 Å². The Balaban J connectivity index is 1.36. The molecular formula is C30H31N5O3. The number of anilines is 3. The zero-order valence-corrected chi connectivity index (χ0v) is 21.8. The summed E-state index contributed by atoms with van der Waals surface area (Å²) in [6.07, 6.45) is 5.00. The van der Waals surface area contributed by atoms with Gasteiger partial charge in [-0.15, -0.1) is 0 Å². The Bertz CT molecular complexity index is 1450. The minimum Gasteiger partial charge on any atom is -0.489 e. The van der Waals surface area contributed by atoms with Crippen LogP contribution in [0.2, 0.25) is 0 Å². The molecule has 0 aliphatic carbocycles. The van der Waals surface area contributed by atoms with Gasteiger partial charge in [0.05, 0.1) is 23.1 Å². The second-order valence-corrected chi connectivity index (χ2v) is 9.46. The van der Waals surface area contributed by atoms with E-state index in [2.05, 4.69) is 46.5 Å². The van der Waals surface area contributed by atoms with Crippen molar-refractivity contribution in [3.05, 3.63) is 90.3 Å². The van der Waals surface area contributed by atoms with E-state index in [1.807, 2.05) is 61.5 Å². The summed E-state index contributed by atoms with van der Waals surface area (Å²) in [6.45, 7) is 4.13. The third-order valence-corrected chi connectivity index (χ3v) is 6.23. The fourth-order valence-electron chi connectivity index (χ4n) is 4.23. The summed E-state index contributed by atoms with van der Waals surface area (Å²) in [5, 5.41) is 4.12. The molecule has 0 fully saturated rings. The largest absolute Gasteiger partial charge is 0.489 e. The van der Waals surface area contributed by atoms with Gasteiger partial charge in [-0.2, -0.15) is 0 Å². The lowest BCUT2D eigenvalue weighted by molar-refractivity contribution is -0.114. The maximum atomic E-state index is 13.0. The zero-order chi connectivity index (χ0) is 26.5. The van der Waals surface area contributed by atoms with Gasteiger partial charge in [0, 0.05) is 18.3 Å². The van der Waals surface area contributed by atoms with Gasteiger partial charge in [0.15, 0.2) is 5.75 Å². The van der Waals surface area contributed by atoms with Gasteiger partial charge >= 0.3 is 0 Å². The summed E-state index contributed by atoms with van der Waals surface area (Å²) in [6, 6.07) is 19.8. The van der Waals surface area contributed by atoms with Gasteiger partial charge in [0.2, 0.25) is 0 Å². The van der Waals surface area contributed by atoms with Crippen molar-refractivity contribution in [2.45, 2.75) is 13.5 Å². The molecule has 194 valence electrons. The molecule has 1 N–H and O–H groups in total. The molecule has 1 aromatic heterocycles. The lowest BCUT2D eigenvalue weighted by atomic mass is 10.1. The Morgan fingerprint density at radius 3 is 2.63 bits per heavy atom. The highest BCUT2D eigenvalue weighted by atomic mass is 16.5. The Hall–Kier alpha value is -4.43. The molecule has 0 bridgehead atoms. The fourth-order valence-corrected chi connectivity index (χ4v) is 4.23. The molecule has 0 spiro atoms. The number of nitrogens with zero attached hydrogens (tertiary/aromatic N) is 4. The number of benzene rings is 3. The predicted octanol–water partition coefficient (Wildman–Crippen LogP) is 5.10. The molecule has 3 aromatic carbocycles. The van der Waals surface area contributed by atoms with Crippen LogP contribution < -0.4 is 19.7 Å². The molecule has 8 nitrogen and oxygen atoms in total. The second-order valence-electron chi connectivity index (χ2n) is 9.46. The maximum Gasteiger partial charge on any atom is 0.250 e. The monoisotopic (exact) mass is 509 g/mol. The molecule has 1 aliphatic rings. The second kappa shape index (κ2) is 11.3. The Morgan fingerprint density at radius 2 is 1.87 bits per heavy atom. The number of carbonyl (C=O) groups is 1. The average molecular weight is 510 g/mol. The first kappa shape index (κ1) is 25.2. The van der Waals surface area contributed by atoms with E-state index in [1.54, 1.807) is 11.0 Å². The predicted molar refractivity (Wildman–Crippen MR) is 150 cm³/mol. The summed E-state index contributed by atoms with van der Waals surface area (Å²) in [4.78, 5) is 25.6. The zero-order valence-electron chi connectivity index (χ0n) is 21.8. The molecule has 4 aromatic rings. The van der Waals surface area contributed by atoms with Crippen LogP contribution in [0.25, 0.3) is 10.9 Å². The van der Waals surface area contributed by atoms with Crippen molar-refractivity contribution >= 4 is 34.0 Å². The number of rotatable bonds is 8. The molecule has 2 heterocycles. The van der Waals surface area contributed by atoms with Crippen LogP contribution in [0.1, 0.15) is 11.1 Å². The van der Waals surface area contributed by atoms with E-state index < -0.39 is 0 Å². The van der Waals surface area contributed by atoms with E-state index in [9.17, 15) is 4.79 Å². The first-order valence-electron chi connectivity index (χ1n) is 12.6. The van der Waals surface area contributed by atoms with Gasteiger partial charge in [-0.1, -0.05) is 35.9 Å². The highest BCUT2D eigenvalue weighted by molar-refractivity contribution is 6.07. The normalized spacial score (nSPS) is 13.0. The number of likely N-dealkylation sites (N-methyl/N-ethyl adjacent to an activating group) is 1. The summed E-state index contributed by atoms with van der Waals surface area (Å²) >= 11 is 0. The van der Waals surface area contributed by atoms with Crippen molar-refractivity contribution in [2.24, 2.45) is 0 Å². The van der Waals surface area contributed by atoms with Crippen LogP contribution in [0.3, 0.4) is 0 Å². The van der Waals surface area contributed by atoms with E-state index >= 15 is 0 Å². The van der Waals surface area contributed by atoms with Gasteiger partial charge < -0.3 is 24.6 Å². The number of ether oxygens (including phenoxy) is 2. The molecule has 0 atom stereocenters. The van der Waals surface area contributed by atoms with Crippen LogP contribution in [0.4, 0.5) is 17.2 Å². The summed E-state index contributed by atoms with van der Waals surface area (Å²) in [5.41, 5.74) is 4.64. The number of aryl methyl sites for hydroxylation is 1. The van der Waals surface area contributed by atoms with Crippen LogP contribution in [-0.2, 0) is 11.4 Å². The van der Waals surface area contributed by atoms with E-state index in [-0.39, 0.29) is 5.91 Å². The quantitative estimate of drug-likeness (QED) is 0.331.